The SMILES string of the molecule is N#Cc1cccc(C(O)C2CCCCCC2)c1. The van der Waals surface area contributed by atoms with Gasteiger partial charge in [-0.1, -0.05) is 37.8 Å². The van der Waals surface area contributed by atoms with Gasteiger partial charge in [0, 0.05) is 0 Å². The van der Waals surface area contributed by atoms with Gasteiger partial charge in [0.15, 0.2) is 0 Å². The molecule has 0 radical (unpaired) electrons. The first-order valence-corrected chi connectivity index (χ1v) is 6.49. The number of rotatable bonds is 2. The van der Waals surface area contributed by atoms with Gasteiger partial charge in [0.1, 0.15) is 0 Å². The second-order valence-electron chi connectivity index (χ2n) is 4.93. The fraction of sp³-hybridized carbons (Fsp3) is 0.533. The highest BCUT2D eigenvalue weighted by molar-refractivity contribution is 5.33. The lowest BCUT2D eigenvalue weighted by Crippen LogP contribution is -2.12. The van der Waals surface area contributed by atoms with Gasteiger partial charge >= 0.3 is 0 Å². The Morgan fingerprint density at radius 2 is 1.88 bits per heavy atom. The number of hydrogen-bond acceptors (Lipinski definition) is 2. The zero-order valence-electron chi connectivity index (χ0n) is 10.1. The number of aliphatic hydroxyl groups excluding tert-OH is 1. The molecule has 1 fully saturated rings. The predicted molar refractivity (Wildman–Crippen MR) is 67.3 cm³/mol. The lowest BCUT2D eigenvalue weighted by molar-refractivity contribution is 0.0988. The maximum Gasteiger partial charge on any atom is 0.0991 e. The first-order valence-electron chi connectivity index (χ1n) is 6.49. The number of nitriles is 1. The molecule has 2 nitrogen and oxygen atoms in total. The van der Waals surface area contributed by atoms with Gasteiger partial charge in [-0.2, -0.15) is 5.26 Å². The molecule has 1 aromatic carbocycles. The summed E-state index contributed by atoms with van der Waals surface area (Å²) in [7, 11) is 0. The van der Waals surface area contributed by atoms with Gasteiger partial charge in [-0.3, -0.25) is 0 Å². The summed E-state index contributed by atoms with van der Waals surface area (Å²) in [5.41, 5.74) is 1.53. The molecule has 2 heteroatoms. The molecule has 0 saturated heterocycles. The topological polar surface area (TPSA) is 44.0 Å². The molecule has 2 rings (SSSR count). The van der Waals surface area contributed by atoms with Crippen LogP contribution in [0.5, 0.6) is 0 Å². The molecular formula is C15H19NO. The van der Waals surface area contributed by atoms with E-state index in [1.807, 2.05) is 18.2 Å². The van der Waals surface area contributed by atoms with E-state index in [0.29, 0.717) is 11.5 Å². The maximum atomic E-state index is 10.4. The largest absolute Gasteiger partial charge is 0.388 e. The van der Waals surface area contributed by atoms with Crippen LogP contribution in [-0.2, 0) is 0 Å². The number of benzene rings is 1. The Morgan fingerprint density at radius 3 is 2.53 bits per heavy atom. The smallest absolute Gasteiger partial charge is 0.0991 e. The normalized spacial score (nSPS) is 19.3. The van der Waals surface area contributed by atoms with Crippen LogP contribution in [0.1, 0.15) is 55.8 Å². The molecule has 0 bridgehead atoms. The average Bonchev–Trinajstić information content (AvgIpc) is 2.67. The molecule has 1 aromatic rings. The monoisotopic (exact) mass is 229 g/mol. The van der Waals surface area contributed by atoms with Crippen molar-refractivity contribution in [1.82, 2.24) is 0 Å². The van der Waals surface area contributed by atoms with E-state index >= 15 is 0 Å². The van der Waals surface area contributed by atoms with E-state index in [1.165, 1.54) is 25.7 Å². The molecule has 1 N–H and O–H groups in total. The second-order valence-corrected chi connectivity index (χ2v) is 4.93. The standard InChI is InChI=1S/C15H19NO/c16-11-12-6-5-9-14(10-12)15(17)13-7-3-1-2-4-8-13/h5-6,9-10,13,15,17H,1-4,7-8H2. The zero-order valence-corrected chi connectivity index (χ0v) is 10.1. The Bertz CT molecular complexity index is 400. The van der Waals surface area contributed by atoms with E-state index in [4.69, 9.17) is 5.26 Å². The highest BCUT2D eigenvalue weighted by Crippen LogP contribution is 2.33. The molecule has 0 spiro atoms. The number of aliphatic hydroxyl groups is 1. The third-order valence-corrected chi connectivity index (χ3v) is 3.70. The van der Waals surface area contributed by atoms with Gasteiger partial charge in [0.2, 0.25) is 0 Å². The van der Waals surface area contributed by atoms with Crippen molar-refractivity contribution < 1.29 is 5.11 Å². The fourth-order valence-corrected chi connectivity index (χ4v) is 2.69. The van der Waals surface area contributed by atoms with Gasteiger partial charge in [-0.15, -0.1) is 0 Å². The summed E-state index contributed by atoms with van der Waals surface area (Å²) in [6.07, 6.45) is 6.85. The molecule has 0 aliphatic heterocycles. The van der Waals surface area contributed by atoms with Crippen molar-refractivity contribution in [3.63, 3.8) is 0 Å². The van der Waals surface area contributed by atoms with Crippen molar-refractivity contribution >= 4 is 0 Å². The van der Waals surface area contributed by atoms with E-state index < -0.39 is 6.10 Å². The summed E-state index contributed by atoms with van der Waals surface area (Å²) in [4.78, 5) is 0. The highest BCUT2D eigenvalue weighted by atomic mass is 16.3. The van der Waals surface area contributed by atoms with E-state index in [0.717, 1.165) is 18.4 Å². The third kappa shape index (κ3) is 3.08. The van der Waals surface area contributed by atoms with Crippen LogP contribution in [-0.4, -0.2) is 5.11 Å². The lowest BCUT2D eigenvalue weighted by Gasteiger charge is -2.21. The molecular weight excluding hydrogens is 210 g/mol. The van der Waals surface area contributed by atoms with Crippen LogP contribution >= 0.6 is 0 Å². The van der Waals surface area contributed by atoms with Crippen molar-refractivity contribution in [2.24, 2.45) is 5.92 Å². The molecule has 1 saturated carbocycles. The number of hydrogen-bond donors (Lipinski definition) is 1. The third-order valence-electron chi connectivity index (χ3n) is 3.70. The minimum atomic E-state index is -0.401. The summed E-state index contributed by atoms with van der Waals surface area (Å²) in [5.74, 6) is 0.367. The molecule has 17 heavy (non-hydrogen) atoms. The maximum absolute atomic E-state index is 10.4. The van der Waals surface area contributed by atoms with Crippen molar-refractivity contribution in [2.45, 2.75) is 44.6 Å². The molecule has 1 aliphatic carbocycles. The van der Waals surface area contributed by atoms with Gasteiger partial charge in [0.25, 0.3) is 0 Å². The van der Waals surface area contributed by atoms with Gasteiger partial charge in [-0.05, 0) is 36.5 Å². The van der Waals surface area contributed by atoms with Crippen LogP contribution in [0.15, 0.2) is 24.3 Å². The first kappa shape index (κ1) is 12.1. The summed E-state index contributed by atoms with van der Waals surface area (Å²) < 4.78 is 0. The Labute approximate surface area is 103 Å². The molecule has 0 heterocycles. The minimum absolute atomic E-state index is 0.367. The second kappa shape index (κ2) is 5.84. The molecule has 0 amide bonds. The van der Waals surface area contributed by atoms with Crippen molar-refractivity contribution in [3.8, 4) is 6.07 Å². The Balaban J connectivity index is 2.12. The van der Waals surface area contributed by atoms with Crippen LogP contribution in [0.3, 0.4) is 0 Å². The van der Waals surface area contributed by atoms with Crippen molar-refractivity contribution in [1.29, 1.82) is 5.26 Å². The van der Waals surface area contributed by atoms with Gasteiger partial charge in [-0.25, -0.2) is 0 Å². The van der Waals surface area contributed by atoms with Crippen LogP contribution < -0.4 is 0 Å². The van der Waals surface area contributed by atoms with Crippen LogP contribution in [0.25, 0.3) is 0 Å². The Hall–Kier alpha value is -1.33. The van der Waals surface area contributed by atoms with E-state index in [2.05, 4.69) is 6.07 Å². The van der Waals surface area contributed by atoms with Crippen molar-refractivity contribution in [2.75, 3.05) is 0 Å². The Morgan fingerprint density at radius 1 is 1.18 bits per heavy atom. The highest BCUT2D eigenvalue weighted by Gasteiger charge is 2.22. The van der Waals surface area contributed by atoms with Crippen LogP contribution in [0, 0.1) is 17.2 Å². The van der Waals surface area contributed by atoms with E-state index in [-0.39, 0.29) is 0 Å². The summed E-state index contributed by atoms with van der Waals surface area (Å²) in [5, 5.41) is 19.2. The molecule has 90 valence electrons. The van der Waals surface area contributed by atoms with Crippen LogP contribution in [0.2, 0.25) is 0 Å². The zero-order chi connectivity index (χ0) is 12.1. The Kier molecular flexibility index (Phi) is 4.17. The summed E-state index contributed by atoms with van der Waals surface area (Å²) >= 11 is 0. The molecule has 1 unspecified atom stereocenters. The molecule has 0 aromatic heterocycles. The quantitative estimate of drug-likeness (QED) is 0.788. The lowest BCUT2D eigenvalue weighted by atomic mass is 9.89. The van der Waals surface area contributed by atoms with E-state index in [1.54, 1.807) is 6.07 Å². The summed E-state index contributed by atoms with van der Waals surface area (Å²) in [6.45, 7) is 0. The minimum Gasteiger partial charge on any atom is -0.388 e. The average molecular weight is 229 g/mol. The first-order chi connectivity index (χ1) is 8.31. The van der Waals surface area contributed by atoms with Gasteiger partial charge in [0.05, 0.1) is 17.7 Å². The fourth-order valence-electron chi connectivity index (χ4n) is 2.69. The molecule has 1 atom stereocenters. The molecule has 1 aliphatic rings. The van der Waals surface area contributed by atoms with E-state index in [9.17, 15) is 5.11 Å². The van der Waals surface area contributed by atoms with Crippen molar-refractivity contribution in [3.05, 3.63) is 35.4 Å². The van der Waals surface area contributed by atoms with Crippen LogP contribution in [0.4, 0.5) is 0 Å². The summed E-state index contributed by atoms with van der Waals surface area (Å²) in [6, 6.07) is 9.50. The van der Waals surface area contributed by atoms with Gasteiger partial charge < -0.3 is 5.11 Å². The number of nitrogens with zero attached hydrogens (tertiary/aromatic N) is 1. The predicted octanol–water partition coefficient (Wildman–Crippen LogP) is 3.56.